The molecule has 84 heavy (non-hydrogen) atoms. The Bertz CT molecular complexity index is 2540. The van der Waals surface area contributed by atoms with Crippen LogP contribution in [0.1, 0.15) is 138 Å². The van der Waals surface area contributed by atoms with Crippen molar-refractivity contribution in [3.8, 4) is 0 Å². The van der Waals surface area contributed by atoms with E-state index < -0.39 is 48.3 Å². The normalized spacial score (nSPS) is 21.3. The summed E-state index contributed by atoms with van der Waals surface area (Å²) in [5, 5.41) is 18.2. The van der Waals surface area contributed by atoms with Gasteiger partial charge < -0.3 is 51.5 Å². The van der Waals surface area contributed by atoms with Crippen molar-refractivity contribution in [2.75, 3.05) is 40.3 Å². The third kappa shape index (κ3) is 16.9. The lowest BCUT2D eigenvalue weighted by Gasteiger charge is -2.39. The Hall–Kier alpha value is -6.86. The highest BCUT2D eigenvalue weighted by Crippen LogP contribution is 2.33. The number of amides is 8. The number of nitrogens with one attached hydrogen (secondary N) is 6. The monoisotopic (exact) mass is 1190 g/mol. The smallest absolute Gasteiger partial charge is 0.247 e. The molecule has 18 nitrogen and oxygen atoms in total. The van der Waals surface area contributed by atoms with Crippen molar-refractivity contribution in [1.82, 2.24) is 51.5 Å². The van der Waals surface area contributed by atoms with Gasteiger partial charge in [-0.2, -0.15) is 0 Å². The van der Waals surface area contributed by atoms with Gasteiger partial charge in [0, 0.05) is 51.1 Å². The number of carbonyl (C=O) groups is 8. The van der Waals surface area contributed by atoms with Gasteiger partial charge in [0.2, 0.25) is 47.3 Å². The van der Waals surface area contributed by atoms with Gasteiger partial charge in [-0.25, -0.2) is 0 Å². The zero-order valence-corrected chi connectivity index (χ0v) is 50.6. The second kappa shape index (κ2) is 32.4. The van der Waals surface area contributed by atoms with E-state index in [4.69, 9.17) is 0 Å². The Kier molecular flexibility index (Phi) is 25.6. The summed E-state index contributed by atoms with van der Waals surface area (Å²) in [6.07, 6.45) is 8.26. The maximum atomic E-state index is 14.7. The Morgan fingerprint density at radius 3 is 1.07 bits per heavy atom. The van der Waals surface area contributed by atoms with Crippen molar-refractivity contribution in [2.24, 2.45) is 0 Å². The van der Waals surface area contributed by atoms with E-state index in [0.29, 0.717) is 64.5 Å². The van der Waals surface area contributed by atoms with Crippen LogP contribution >= 0.6 is 24.8 Å². The van der Waals surface area contributed by atoms with Crippen LogP contribution in [-0.4, -0.2) is 155 Å². The second-order valence-corrected chi connectivity index (χ2v) is 22.5. The maximum absolute atomic E-state index is 14.7. The van der Waals surface area contributed by atoms with Crippen molar-refractivity contribution in [2.45, 2.75) is 164 Å². The highest BCUT2D eigenvalue weighted by Gasteiger charge is 2.48. The van der Waals surface area contributed by atoms with Gasteiger partial charge in [0.25, 0.3) is 0 Å². The first-order valence-electron chi connectivity index (χ1n) is 29.7. The molecule has 4 aromatic rings. The van der Waals surface area contributed by atoms with E-state index in [1.54, 1.807) is 47.5 Å². The summed E-state index contributed by atoms with van der Waals surface area (Å²) >= 11 is 0. The summed E-state index contributed by atoms with van der Waals surface area (Å²) in [6, 6.07) is 32.7. The maximum Gasteiger partial charge on any atom is 0.247 e. The second-order valence-electron chi connectivity index (χ2n) is 22.5. The molecule has 454 valence electrons. The number of benzene rings is 4. The van der Waals surface area contributed by atoms with Crippen molar-refractivity contribution in [3.63, 3.8) is 0 Å². The SMILES string of the molecule is CN[C@@H](C)C(=O)N[C@H]1CN(C(=O)CCCCCCCCC(=O)N2CC[C@H]3CC[C@@H](C(=O)NC(c4ccccc4)c4ccccc4)N3C(=O)[C@@H](NC(=O)[C@H](C)NC)C2)CC[C@H]2CC[C@@H](C(=O)NC(c3ccccc3)c3ccccc3)N2C1=O.Cl.Cl. The molecule has 0 saturated carbocycles. The zero-order chi connectivity index (χ0) is 58.1. The van der Waals surface area contributed by atoms with E-state index in [2.05, 4.69) is 31.9 Å². The van der Waals surface area contributed by atoms with Crippen LogP contribution < -0.4 is 31.9 Å². The van der Waals surface area contributed by atoms with E-state index in [1.165, 1.54) is 0 Å². The zero-order valence-electron chi connectivity index (χ0n) is 48.9. The average Bonchev–Trinajstić information content (AvgIpc) is 4.17. The molecular weight excluding hydrogens is 1110 g/mol. The van der Waals surface area contributed by atoms with Crippen molar-refractivity contribution >= 4 is 72.1 Å². The Labute approximate surface area is 507 Å². The summed E-state index contributed by atoms with van der Waals surface area (Å²) < 4.78 is 0. The van der Waals surface area contributed by atoms with Gasteiger partial charge >= 0.3 is 0 Å². The van der Waals surface area contributed by atoms with Crippen molar-refractivity contribution in [3.05, 3.63) is 144 Å². The number of carbonyl (C=O) groups excluding carboxylic acids is 8. The van der Waals surface area contributed by atoms with Gasteiger partial charge in [0.05, 0.1) is 24.2 Å². The molecule has 4 fully saturated rings. The largest absolute Gasteiger partial charge is 0.343 e. The van der Waals surface area contributed by atoms with Crippen molar-refractivity contribution < 1.29 is 38.4 Å². The highest BCUT2D eigenvalue weighted by molar-refractivity contribution is 5.96. The summed E-state index contributed by atoms with van der Waals surface area (Å²) in [7, 11) is 3.33. The first-order valence-corrected chi connectivity index (χ1v) is 29.7. The van der Waals surface area contributed by atoms with Crippen molar-refractivity contribution in [1.29, 1.82) is 0 Å². The standard InChI is InChI=1S/C64H84N10O8.2ClH/c1-43(65-3)59(77)67-51-41-71(39-37-49-33-35-53(73(49)63(51)81)61(79)69-57(45-23-13-9-14-24-45)46-25-15-10-16-26-46)55(75)31-21-7-5-6-8-22-32-56(76)72-40-38-50-34-36-54(74(50)64(82)52(42-72)68-60(78)44(2)66-4)62(80)70-58(47-27-17-11-18-28-47)48-29-19-12-20-30-48;;/h9-20,23-30,43-44,49-54,57-58,65-66H,5-8,21-22,31-42H2,1-4H3,(H,67,77)(H,68,78)(H,69,79)(H,70,80);2*1H/t43-,44-,49+,50+,51-,52-,53-,54-;;/m0../s1. The molecule has 0 aromatic heterocycles. The average molecular weight is 1190 g/mol. The minimum atomic E-state index is -1.04. The lowest BCUT2D eigenvalue weighted by molar-refractivity contribution is -0.147. The van der Waals surface area contributed by atoms with Crippen LogP contribution in [0.5, 0.6) is 0 Å². The van der Waals surface area contributed by atoms with E-state index in [-0.39, 0.29) is 110 Å². The summed E-state index contributed by atoms with van der Waals surface area (Å²) in [5.41, 5.74) is 3.66. The van der Waals surface area contributed by atoms with E-state index in [9.17, 15) is 38.4 Å². The van der Waals surface area contributed by atoms with Gasteiger partial charge in [-0.15, -0.1) is 24.8 Å². The van der Waals surface area contributed by atoms with Crippen LogP contribution in [0.25, 0.3) is 0 Å². The predicted molar refractivity (Wildman–Crippen MR) is 328 cm³/mol. The molecule has 0 bridgehead atoms. The molecule has 0 radical (unpaired) electrons. The van der Waals surface area contributed by atoms with Gasteiger partial charge in [0.1, 0.15) is 24.2 Å². The number of hydrogen-bond acceptors (Lipinski definition) is 10. The first kappa shape index (κ1) is 66.3. The van der Waals surface area contributed by atoms with E-state index in [1.807, 2.05) is 121 Å². The number of likely N-dealkylation sites (N-methyl/N-ethyl adjacent to an activating group) is 2. The molecule has 4 aliphatic heterocycles. The molecule has 20 heteroatoms. The molecule has 8 atom stereocenters. The van der Waals surface area contributed by atoms with Crippen LogP contribution in [0.2, 0.25) is 0 Å². The van der Waals surface area contributed by atoms with Gasteiger partial charge in [-0.1, -0.05) is 147 Å². The summed E-state index contributed by atoms with van der Waals surface area (Å²) in [6.45, 7) is 4.16. The molecule has 0 unspecified atom stereocenters. The lowest BCUT2D eigenvalue weighted by atomic mass is 9.98. The topological polar surface area (TPSA) is 222 Å². The van der Waals surface area contributed by atoms with Crippen LogP contribution in [-0.2, 0) is 38.4 Å². The van der Waals surface area contributed by atoms with Crippen LogP contribution in [0, 0.1) is 0 Å². The third-order valence-electron chi connectivity index (χ3n) is 17.1. The highest BCUT2D eigenvalue weighted by atomic mass is 35.5. The molecule has 0 spiro atoms. The summed E-state index contributed by atoms with van der Waals surface area (Å²) in [4.78, 5) is 119. The van der Waals surface area contributed by atoms with Gasteiger partial charge in [-0.3, -0.25) is 38.4 Å². The Morgan fingerprint density at radius 2 is 0.762 bits per heavy atom. The Balaban J connectivity index is 0.00000566. The molecular formula is C64H86Cl2N10O8. The van der Waals surface area contributed by atoms with E-state index in [0.717, 1.165) is 47.9 Å². The van der Waals surface area contributed by atoms with E-state index >= 15 is 0 Å². The number of fused-ring (bicyclic) bond motifs is 2. The first-order chi connectivity index (χ1) is 39.8. The third-order valence-corrected chi connectivity index (χ3v) is 17.1. The summed E-state index contributed by atoms with van der Waals surface area (Å²) in [5.74, 6) is -2.20. The minimum absolute atomic E-state index is 0. The molecule has 4 aromatic carbocycles. The minimum Gasteiger partial charge on any atom is -0.343 e. The number of nitrogens with zero attached hydrogens (tertiary/aromatic N) is 4. The van der Waals surface area contributed by atoms with Crippen LogP contribution in [0.4, 0.5) is 0 Å². The van der Waals surface area contributed by atoms with Crippen LogP contribution in [0.3, 0.4) is 0 Å². The quantitative estimate of drug-likeness (QED) is 0.0467. The fourth-order valence-electron chi connectivity index (χ4n) is 12.1. The number of rotatable bonds is 23. The number of halogens is 2. The van der Waals surface area contributed by atoms with Gasteiger partial charge in [-0.05, 0) is 102 Å². The molecule has 8 rings (SSSR count). The molecule has 4 heterocycles. The fourth-order valence-corrected chi connectivity index (χ4v) is 12.1. The molecule has 4 aliphatic rings. The predicted octanol–water partition coefficient (Wildman–Crippen LogP) is 6.13. The number of hydrogen-bond donors (Lipinski definition) is 6. The lowest BCUT2D eigenvalue weighted by Crippen LogP contribution is -2.62. The molecule has 8 amide bonds. The molecule has 4 saturated heterocycles. The molecule has 0 aliphatic carbocycles. The number of unbranched alkanes of at least 4 members (excludes halogenated alkanes) is 5. The molecule has 6 N–H and O–H groups in total. The van der Waals surface area contributed by atoms with Crippen LogP contribution in [0.15, 0.2) is 121 Å². The Morgan fingerprint density at radius 1 is 0.452 bits per heavy atom. The fraction of sp³-hybridized carbons (Fsp3) is 0.500. The van der Waals surface area contributed by atoms with Gasteiger partial charge in [0.15, 0.2) is 0 Å².